The Morgan fingerprint density at radius 2 is 2.00 bits per heavy atom. The van der Waals surface area contributed by atoms with Crippen LogP contribution < -0.4 is 11.1 Å². The molecule has 0 atom stereocenters. The van der Waals surface area contributed by atoms with Gasteiger partial charge >= 0.3 is 0 Å². The van der Waals surface area contributed by atoms with Gasteiger partial charge in [-0.2, -0.15) is 9.36 Å². The number of nitrogens with two attached hydrogens (primary N) is 1. The number of hydrogen-bond acceptors (Lipinski definition) is 6. The van der Waals surface area contributed by atoms with Gasteiger partial charge in [0.25, 0.3) is 0 Å². The fraction of sp³-hybridized carbons (Fsp3) is 0.429. The molecule has 3 N–H and O–H groups in total. The number of rotatable bonds is 4. The van der Waals surface area contributed by atoms with Crippen LogP contribution >= 0.6 is 11.5 Å². The van der Waals surface area contributed by atoms with Gasteiger partial charge in [-0.05, 0) is 18.4 Å². The Labute approximate surface area is 123 Å². The summed E-state index contributed by atoms with van der Waals surface area (Å²) in [5.41, 5.74) is 6.92. The molecular formula is C14H19N5S. The number of anilines is 2. The standard InChI is InChI=1S/C14H19N5S/c15-13-17-14(20-18-13)16-12-6-8-19(9-7-12)10-11-4-2-1-3-5-11/h1-5,12H,6-10H2,(H3,15,16,17,18). The highest BCUT2D eigenvalue weighted by atomic mass is 32.1. The average Bonchev–Trinajstić information content (AvgIpc) is 2.88. The van der Waals surface area contributed by atoms with E-state index in [1.54, 1.807) is 0 Å². The Kier molecular flexibility index (Phi) is 4.13. The molecule has 0 aliphatic carbocycles. The Balaban J connectivity index is 1.47. The first-order valence-corrected chi connectivity index (χ1v) is 7.69. The topological polar surface area (TPSA) is 67.1 Å². The summed E-state index contributed by atoms with van der Waals surface area (Å²) in [5, 5.41) is 4.26. The normalized spacial score (nSPS) is 17.2. The molecule has 3 rings (SSSR count). The minimum Gasteiger partial charge on any atom is -0.367 e. The maximum atomic E-state index is 5.53. The van der Waals surface area contributed by atoms with Crippen LogP contribution in [0.2, 0.25) is 0 Å². The summed E-state index contributed by atoms with van der Waals surface area (Å²) in [5.74, 6) is 0.360. The van der Waals surface area contributed by atoms with E-state index in [1.807, 2.05) is 0 Å². The quantitative estimate of drug-likeness (QED) is 0.903. The van der Waals surface area contributed by atoms with Gasteiger partial charge in [0.1, 0.15) is 0 Å². The van der Waals surface area contributed by atoms with E-state index in [1.165, 1.54) is 17.1 Å². The first-order chi connectivity index (χ1) is 9.79. The van der Waals surface area contributed by atoms with E-state index in [9.17, 15) is 0 Å². The number of nitrogen functional groups attached to an aromatic ring is 1. The van der Waals surface area contributed by atoms with Crippen LogP contribution in [0.4, 0.5) is 11.1 Å². The number of benzene rings is 1. The van der Waals surface area contributed by atoms with Crippen molar-refractivity contribution in [2.24, 2.45) is 0 Å². The fourth-order valence-electron chi connectivity index (χ4n) is 2.55. The van der Waals surface area contributed by atoms with Crippen LogP contribution in [0.25, 0.3) is 0 Å². The second-order valence-electron chi connectivity index (χ2n) is 5.14. The van der Waals surface area contributed by atoms with Crippen LogP contribution in [-0.2, 0) is 6.54 Å². The molecule has 1 aromatic heterocycles. The maximum Gasteiger partial charge on any atom is 0.233 e. The lowest BCUT2D eigenvalue weighted by molar-refractivity contribution is 0.211. The van der Waals surface area contributed by atoms with E-state index < -0.39 is 0 Å². The summed E-state index contributed by atoms with van der Waals surface area (Å²) >= 11 is 1.34. The first kappa shape index (κ1) is 13.3. The molecule has 1 aliphatic heterocycles. The zero-order valence-electron chi connectivity index (χ0n) is 11.3. The van der Waals surface area contributed by atoms with E-state index in [2.05, 4.69) is 49.9 Å². The average molecular weight is 289 g/mol. The number of piperidine rings is 1. The van der Waals surface area contributed by atoms with Crippen molar-refractivity contribution in [2.45, 2.75) is 25.4 Å². The van der Waals surface area contributed by atoms with Gasteiger partial charge in [-0.25, -0.2) is 0 Å². The lowest BCUT2D eigenvalue weighted by Crippen LogP contribution is -2.38. The molecule has 0 saturated carbocycles. The summed E-state index contributed by atoms with van der Waals surface area (Å²) in [6, 6.07) is 11.1. The van der Waals surface area contributed by atoms with Crippen molar-refractivity contribution in [3.8, 4) is 0 Å². The number of aromatic nitrogens is 2. The van der Waals surface area contributed by atoms with E-state index in [0.29, 0.717) is 12.0 Å². The predicted molar refractivity (Wildman–Crippen MR) is 82.7 cm³/mol. The van der Waals surface area contributed by atoms with Crippen LogP contribution in [0.15, 0.2) is 30.3 Å². The summed E-state index contributed by atoms with van der Waals surface area (Å²) in [7, 11) is 0. The molecule has 2 heterocycles. The van der Waals surface area contributed by atoms with Crippen molar-refractivity contribution in [1.29, 1.82) is 0 Å². The van der Waals surface area contributed by atoms with E-state index in [4.69, 9.17) is 5.73 Å². The molecule has 0 spiro atoms. The highest BCUT2D eigenvalue weighted by molar-refractivity contribution is 7.09. The summed E-state index contributed by atoms with van der Waals surface area (Å²) < 4.78 is 3.99. The van der Waals surface area contributed by atoms with Gasteiger partial charge in [0.15, 0.2) is 0 Å². The third-order valence-electron chi connectivity index (χ3n) is 3.61. The molecule has 6 heteroatoms. The molecule has 0 amide bonds. The lowest BCUT2D eigenvalue weighted by Gasteiger charge is -2.32. The Morgan fingerprint density at radius 1 is 1.25 bits per heavy atom. The Bertz CT molecular complexity index is 534. The van der Waals surface area contributed by atoms with Crippen molar-refractivity contribution in [1.82, 2.24) is 14.3 Å². The molecule has 0 bridgehead atoms. The number of hydrogen-bond donors (Lipinski definition) is 2. The predicted octanol–water partition coefficient (Wildman–Crippen LogP) is 2.20. The fourth-order valence-corrected chi connectivity index (χ4v) is 3.12. The Hall–Kier alpha value is -1.66. The van der Waals surface area contributed by atoms with Gasteiger partial charge in [-0.1, -0.05) is 30.3 Å². The molecule has 1 aliphatic rings. The summed E-state index contributed by atoms with van der Waals surface area (Å²) in [6.45, 7) is 3.26. The number of likely N-dealkylation sites (tertiary alicyclic amines) is 1. The van der Waals surface area contributed by atoms with Crippen LogP contribution in [0.1, 0.15) is 18.4 Å². The van der Waals surface area contributed by atoms with E-state index in [0.717, 1.165) is 37.6 Å². The molecule has 0 radical (unpaired) electrons. The van der Waals surface area contributed by atoms with Crippen molar-refractivity contribution < 1.29 is 0 Å². The first-order valence-electron chi connectivity index (χ1n) is 6.91. The van der Waals surface area contributed by atoms with Gasteiger partial charge in [-0.15, -0.1) is 0 Å². The summed E-state index contributed by atoms with van der Waals surface area (Å²) in [6.07, 6.45) is 2.26. The molecule has 1 aromatic carbocycles. The molecule has 106 valence electrons. The van der Waals surface area contributed by atoms with Gasteiger partial charge in [0.2, 0.25) is 11.1 Å². The van der Waals surface area contributed by atoms with Crippen LogP contribution in [-0.4, -0.2) is 33.4 Å². The van der Waals surface area contributed by atoms with Crippen LogP contribution in [0.3, 0.4) is 0 Å². The minimum atomic E-state index is 0.360. The highest BCUT2D eigenvalue weighted by Gasteiger charge is 2.19. The second kappa shape index (κ2) is 6.19. The van der Waals surface area contributed by atoms with Crippen molar-refractivity contribution in [2.75, 3.05) is 24.1 Å². The zero-order chi connectivity index (χ0) is 13.8. The Morgan fingerprint density at radius 3 is 2.65 bits per heavy atom. The lowest BCUT2D eigenvalue weighted by atomic mass is 10.0. The number of nitrogens with one attached hydrogen (secondary N) is 1. The zero-order valence-corrected chi connectivity index (χ0v) is 12.1. The molecule has 2 aromatic rings. The van der Waals surface area contributed by atoms with Crippen molar-refractivity contribution in [3.05, 3.63) is 35.9 Å². The van der Waals surface area contributed by atoms with Crippen molar-refractivity contribution in [3.63, 3.8) is 0 Å². The second-order valence-corrected chi connectivity index (χ2v) is 5.89. The van der Waals surface area contributed by atoms with Crippen molar-refractivity contribution >= 4 is 22.6 Å². The maximum absolute atomic E-state index is 5.53. The highest BCUT2D eigenvalue weighted by Crippen LogP contribution is 2.19. The monoisotopic (exact) mass is 289 g/mol. The molecule has 0 unspecified atom stereocenters. The van der Waals surface area contributed by atoms with Gasteiger partial charge in [0.05, 0.1) is 0 Å². The van der Waals surface area contributed by atoms with Crippen LogP contribution in [0.5, 0.6) is 0 Å². The molecule has 1 fully saturated rings. The third kappa shape index (κ3) is 3.46. The molecular weight excluding hydrogens is 270 g/mol. The number of nitrogens with zero attached hydrogens (tertiary/aromatic N) is 3. The minimum absolute atomic E-state index is 0.360. The smallest absolute Gasteiger partial charge is 0.233 e. The van der Waals surface area contributed by atoms with Gasteiger partial charge in [0, 0.05) is 37.2 Å². The molecule has 5 nitrogen and oxygen atoms in total. The van der Waals surface area contributed by atoms with Crippen LogP contribution in [0, 0.1) is 0 Å². The third-order valence-corrected chi connectivity index (χ3v) is 4.27. The SMILES string of the molecule is Nc1nsc(NC2CCN(Cc3ccccc3)CC2)n1. The molecule has 20 heavy (non-hydrogen) atoms. The largest absolute Gasteiger partial charge is 0.367 e. The van der Waals surface area contributed by atoms with Gasteiger partial charge < -0.3 is 11.1 Å². The van der Waals surface area contributed by atoms with E-state index >= 15 is 0 Å². The van der Waals surface area contributed by atoms with Gasteiger partial charge in [-0.3, -0.25) is 4.90 Å². The summed E-state index contributed by atoms with van der Waals surface area (Å²) in [4.78, 5) is 6.65. The molecule has 1 saturated heterocycles. The van der Waals surface area contributed by atoms with E-state index in [-0.39, 0.29) is 0 Å².